The molecule has 150 valence electrons. The van der Waals surface area contributed by atoms with E-state index >= 15 is 0 Å². The maximum atomic E-state index is 12.8. The molecular weight excluding hydrogens is 360 g/mol. The zero-order valence-corrected chi connectivity index (χ0v) is 16.6. The Morgan fingerprint density at radius 1 is 1.36 bits per heavy atom. The molecule has 0 unspecified atom stereocenters. The summed E-state index contributed by atoms with van der Waals surface area (Å²) in [4.78, 5) is 35.8. The highest BCUT2D eigenvalue weighted by atomic mass is 16.5. The number of hydrogen-bond donors (Lipinski definition) is 0. The van der Waals surface area contributed by atoms with E-state index in [0.29, 0.717) is 44.1 Å². The van der Waals surface area contributed by atoms with Gasteiger partial charge in [0.25, 0.3) is 5.91 Å². The summed E-state index contributed by atoms with van der Waals surface area (Å²) in [6, 6.07) is 2.11. The summed E-state index contributed by atoms with van der Waals surface area (Å²) in [7, 11) is 1.61. The first-order valence-electron chi connectivity index (χ1n) is 10.0. The second kappa shape index (κ2) is 6.15. The van der Waals surface area contributed by atoms with E-state index < -0.39 is 5.72 Å². The molecule has 2 atom stereocenters. The summed E-state index contributed by atoms with van der Waals surface area (Å²) in [6.07, 6.45) is 1.31. The zero-order chi connectivity index (χ0) is 19.6. The number of aromatic nitrogens is 1. The first-order valence-corrected chi connectivity index (χ1v) is 10.0. The molecule has 3 saturated heterocycles. The van der Waals surface area contributed by atoms with E-state index in [2.05, 4.69) is 9.88 Å². The van der Waals surface area contributed by atoms with Gasteiger partial charge in [0, 0.05) is 44.1 Å². The van der Waals surface area contributed by atoms with E-state index in [-0.39, 0.29) is 23.9 Å². The lowest BCUT2D eigenvalue weighted by atomic mass is 10.1. The van der Waals surface area contributed by atoms with Crippen LogP contribution >= 0.6 is 0 Å². The third-order valence-electron chi connectivity index (χ3n) is 6.65. The van der Waals surface area contributed by atoms with Crippen LogP contribution in [0, 0.1) is 0 Å². The molecule has 2 amide bonds. The standard InChI is InChI=1S/C20H26N4O4/c1-12(2)23-11-15-14(19(23)26)8-13(18(21-15)27-3)10-22-5-4-20-16(22)9-17(25)24(20)6-7-28-20/h8,12,16H,4-7,9-11H2,1-3H3/t16-,20+/m1/s1. The predicted molar refractivity (Wildman–Crippen MR) is 99.6 cm³/mol. The van der Waals surface area contributed by atoms with Crippen LogP contribution in [0.5, 0.6) is 5.88 Å². The quantitative estimate of drug-likeness (QED) is 0.768. The minimum Gasteiger partial charge on any atom is -0.481 e. The molecule has 1 aromatic rings. The third kappa shape index (κ3) is 2.34. The number of ether oxygens (including phenoxy) is 2. The van der Waals surface area contributed by atoms with Crippen LogP contribution < -0.4 is 4.74 Å². The Balaban J connectivity index is 1.44. The Morgan fingerprint density at radius 3 is 2.93 bits per heavy atom. The molecule has 5 rings (SSSR count). The number of fused-ring (bicyclic) bond motifs is 1. The predicted octanol–water partition coefficient (Wildman–Crippen LogP) is 0.987. The van der Waals surface area contributed by atoms with Crippen molar-refractivity contribution in [1.82, 2.24) is 19.7 Å². The van der Waals surface area contributed by atoms with Gasteiger partial charge >= 0.3 is 0 Å². The van der Waals surface area contributed by atoms with Crippen LogP contribution in [0.3, 0.4) is 0 Å². The molecule has 4 aliphatic rings. The largest absolute Gasteiger partial charge is 0.481 e. The summed E-state index contributed by atoms with van der Waals surface area (Å²) in [5.41, 5.74) is 1.87. The van der Waals surface area contributed by atoms with E-state index in [1.54, 1.807) is 7.11 Å². The van der Waals surface area contributed by atoms with Crippen LogP contribution in [-0.4, -0.2) is 76.1 Å². The Hall–Kier alpha value is -2.19. The lowest BCUT2D eigenvalue weighted by molar-refractivity contribution is -0.136. The molecule has 1 spiro atoms. The van der Waals surface area contributed by atoms with Crippen molar-refractivity contribution in [2.24, 2.45) is 0 Å². The summed E-state index contributed by atoms with van der Waals surface area (Å²) < 4.78 is 11.6. The fourth-order valence-corrected chi connectivity index (χ4v) is 5.26. The van der Waals surface area contributed by atoms with Crippen LogP contribution in [0.15, 0.2) is 6.07 Å². The van der Waals surface area contributed by atoms with Gasteiger partial charge in [-0.15, -0.1) is 0 Å². The molecule has 0 aliphatic carbocycles. The number of methoxy groups -OCH3 is 1. The van der Waals surface area contributed by atoms with Gasteiger partial charge in [-0.05, 0) is 19.9 Å². The molecule has 5 heterocycles. The van der Waals surface area contributed by atoms with Gasteiger partial charge in [-0.25, -0.2) is 4.98 Å². The Morgan fingerprint density at radius 2 is 2.18 bits per heavy atom. The maximum Gasteiger partial charge on any atom is 0.256 e. The van der Waals surface area contributed by atoms with E-state index in [4.69, 9.17) is 9.47 Å². The molecule has 1 aromatic heterocycles. The first kappa shape index (κ1) is 17.9. The number of carbonyl (C=O) groups is 2. The van der Waals surface area contributed by atoms with E-state index in [9.17, 15) is 9.59 Å². The maximum absolute atomic E-state index is 12.8. The molecular formula is C20H26N4O4. The normalized spacial score (nSPS) is 29.1. The number of likely N-dealkylation sites (tertiary alicyclic amines) is 1. The molecule has 0 N–H and O–H groups in total. The highest BCUT2D eigenvalue weighted by Gasteiger charge is 2.61. The van der Waals surface area contributed by atoms with Crippen LogP contribution in [0.1, 0.15) is 48.3 Å². The molecule has 8 nitrogen and oxygen atoms in total. The van der Waals surface area contributed by atoms with Crippen molar-refractivity contribution in [3.8, 4) is 5.88 Å². The van der Waals surface area contributed by atoms with Gasteiger partial charge in [0.1, 0.15) is 0 Å². The molecule has 4 aliphatic heterocycles. The fraction of sp³-hybridized carbons (Fsp3) is 0.650. The average molecular weight is 386 g/mol. The van der Waals surface area contributed by atoms with Crippen molar-refractivity contribution >= 4 is 11.8 Å². The molecule has 28 heavy (non-hydrogen) atoms. The smallest absolute Gasteiger partial charge is 0.256 e. The second-order valence-corrected chi connectivity index (χ2v) is 8.36. The summed E-state index contributed by atoms with van der Waals surface area (Å²) in [6.45, 7) is 7.28. The highest BCUT2D eigenvalue weighted by molar-refractivity contribution is 5.98. The van der Waals surface area contributed by atoms with Crippen LogP contribution in [0.4, 0.5) is 0 Å². The summed E-state index contributed by atoms with van der Waals surface area (Å²) in [5, 5.41) is 0. The van der Waals surface area contributed by atoms with E-state index in [1.807, 2.05) is 29.7 Å². The van der Waals surface area contributed by atoms with Gasteiger partial charge in [0.2, 0.25) is 11.8 Å². The highest BCUT2D eigenvalue weighted by Crippen LogP contribution is 2.46. The van der Waals surface area contributed by atoms with Crippen molar-refractivity contribution in [2.75, 3.05) is 26.8 Å². The second-order valence-electron chi connectivity index (χ2n) is 8.36. The molecule has 8 heteroatoms. The number of rotatable bonds is 4. The SMILES string of the molecule is COc1nc2c(cc1CN1CC[C@@]34OCCN3C(=O)C[C@@H]14)C(=O)N(C(C)C)C2. The van der Waals surface area contributed by atoms with E-state index in [1.165, 1.54) is 0 Å². The van der Waals surface area contributed by atoms with E-state index in [0.717, 1.165) is 24.2 Å². The van der Waals surface area contributed by atoms with Crippen molar-refractivity contribution in [2.45, 2.75) is 57.6 Å². The van der Waals surface area contributed by atoms with Crippen molar-refractivity contribution < 1.29 is 19.1 Å². The number of nitrogens with zero attached hydrogens (tertiary/aromatic N) is 4. The van der Waals surface area contributed by atoms with Crippen molar-refractivity contribution in [1.29, 1.82) is 0 Å². The lowest BCUT2D eigenvalue weighted by Gasteiger charge is -2.31. The molecule has 0 radical (unpaired) electrons. The summed E-state index contributed by atoms with van der Waals surface area (Å²) in [5.74, 6) is 0.765. The van der Waals surface area contributed by atoms with Crippen LogP contribution in [0.25, 0.3) is 0 Å². The average Bonchev–Trinajstić information content (AvgIpc) is 3.38. The van der Waals surface area contributed by atoms with Crippen LogP contribution in [0.2, 0.25) is 0 Å². The lowest BCUT2D eigenvalue weighted by Crippen LogP contribution is -2.47. The third-order valence-corrected chi connectivity index (χ3v) is 6.65. The number of carbonyl (C=O) groups excluding carboxylic acids is 2. The number of hydrogen-bond acceptors (Lipinski definition) is 6. The molecule has 0 aromatic carbocycles. The molecule has 0 bridgehead atoms. The minimum absolute atomic E-state index is 0.0284. The summed E-state index contributed by atoms with van der Waals surface area (Å²) >= 11 is 0. The van der Waals surface area contributed by atoms with Gasteiger partial charge in [0.05, 0.1) is 37.6 Å². The van der Waals surface area contributed by atoms with Crippen molar-refractivity contribution in [3.05, 3.63) is 22.9 Å². The minimum atomic E-state index is -0.460. The van der Waals surface area contributed by atoms with Crippen molar-refractivity contribution in [3.63, 3.8) is 0 Å². The fourth-order valence-electron chi connectivity index (χ4n) is 5.26. The first-order chi connectivity index (χ1) is 13.4. The Kier molecular flexibility index (Phi) is 3.93. The number of amides is 2. The topological polar surface area (TPSA) is 75.2 Å². The Bertz CT molecular complexity index is 857. The Labute approximate surface area is 164 Å². The molecule has 0 saturated carbocycles. The van der Waals surface area contributed by atoms with Gasteiger partial charge in [-0.3, -0.25) is 14.5 Å². The van der Waals surface area contributed by atoms with Gasteiger partial charge < -0.3 is 19.3 Å². The monoisotopic (exact) mass is 386 g/mol. The van der Waals surface area contributed by atoms with Crippen LogP contribution in [-0.2, 0) is 22.6 Å². The molecule has 3 fully saturated rings. The number of pyridine rings is 1. The van der Waals surface area contributed by atoms with Gasteiger partial charge in [-0.1, -0.05) is 0 Å². The zero-order valence-electron chi connectivity index (χ0n) is 16.6. The van der Waals surface area contributed by atoms with Gasteiger partial charge in [-0.2, -0.15) is 0 Å². The van der Waals surface area contributed by atoms with Gasteiger partial charge in [0.15, 0.2) is 5.72 Å².